The summed E-state index contributed by atoms with van der Waals surface area (Å²) in [5.41, 5.74) is 2.55. The fraction of sp³-hybridized carbons (Fsp3) is 0.571. The summed E-state index contributed by atoms with van der Waals surface area (Å²) < 4.78 is 6.57. The van der Waals surface area contributed by atoms with Crippen LogP contribution < -0.4 is 10.1 Å². The number of hydrogen-bond donors (Lipinski definition) is 1. The molecule has 0 radical (unpaired) electrons. The quantitative estimate of drug-likeness (QED) is 0.924. The van der Waals surface area contributed by atoms with Crippen LogP contribution in [0.25, 0.3) is 0 Å². The molecule has 0 aromatic heterocycles. The van der Waals surface area contributed by atoms with E-state index in [1.165, 1.54) is 30.5 Å². The van der Waals surface area contributed by atoms with Gasteiger partial charge in [-0.05, 0) is 72.3 Å². The van der Waals surface area contributed by atoms with Crippen molar-refractivity contribution in [3.63, 3.8) is 0 Å². The summed E-state index contributed by atoms with van der Waals surface area (Å²) in [5.74, 6) is 1.73. The van der Waals surface area contributed by atoms with E-state index in [0.29, 0.717) is 0 Å². The third kappa shape index (κ3) is 3.02. The van der Waals surface area contributed by atoms with E-state index < -0.39 is 0 Å². The van der Waals surface area contributed by atoms with Crippen LogP contribution in [0, 0.1) is 12.8 Å². The minimum Gasteiger partial charge on any atom is -0.495 e. The van der Waals surface area contributed by atoms with E-state index in [1.807, 2.05) is 0 Å². The van der Waals surface area contributed by atoms with Crippen LogP contribution >= 0.6 is 15.9 Å². The highest BCUT2D eigenvalue weighted by Crippen LogP contribution is 2.33. The molecule has 1 N–H and O–H groups in total. The number of ether oxygens (including phenoxy) is 1. The topological polar surface area (TPSA) is 21.3 Å². The summed E-state index contributed by atoms with van der Waals surface area (Å²) in [7, 11) is 1.74. The van der Waals surface area contributed by atoms with Crippen molar-refractivity contribution in [1.29, 1.82) is 0 Å². The molecule has 3 heteroatoms. The third-order valence-electron chi connectivity index (χ3n) is 3.49. The van der Waals surface area contributed by atoms with Crippen LogP contribution in [0.15, 0.2) is 16.6 Å². The van der Waals surface area contributed by atoms with Crippen molar-refractivity contribution in [1.82, 2.24) is 5.32 Å². The van der Waals surface area contributed by atoms with Gasteiger partial charge in [0.15, 0.2) is 0 Å². The number of hydrogen-bond acceptors (Lipinski definition) is 2. The number of rotatable bonds is 3. The van der Waals surface area contributed by atoms with E-state index in [4.69, 9.17) is 4.74 Å². The molecule has 2 rings (SSSR count). The molecule has 1 aliphatic rings. The van der Waals surface area contributed by atoms with E-state index >= 15 is 0 Å². The highest BCUT2D eigenvalue weighted by Gasteiger charge is 2.16. The number of nitrogens with one attached hydrogen (secondary N) is 1. The average Bonchev–Trinajstić information content (AvgIpc) is 2.35. The smallest absolute Gasteiger partial charge is 0.136 e. The third-order valence-corrected chi connectivity index (χ3v) is 4.36. The monoisotopic (exact) mass is 297 g/mol. The van der Waals surface area contributed by atoms with Crippen molar-refractivity contribution < 1.29 is 4.74 Å². The first kappa shape index (κ1) is 12.9. The van der Waals surface area contributed by atoms with Crippen LogP contribution in [-0.2, 0) is 6.42 Å². The van der Waals surface area contributed by atoms with E-state index in [9.17, 15) is 0 Å². The maximum absolute atomic E-state index is 5.44. The van der Waals surface area contributed by atoms with Crippen molar-refractivity contribution in [3.8, 4) is 5.75 Å². The summed E-state index contributed by atoms with van der Waals surface area (Å²) in [6.45, 7) is 4.40. The van der Waals surface area contributed by atoms with Gasteiger partial charge in [0.2, 0.25) is 0 Å². The van der Waals surface area contributed by atoms with Crippen molar-refractivity contribution in [3.05, 3.63) is 27.7 Å². The molecule has 0 amide bonds. The number of piperidine rings is 1. The lowest BCUT2D eigenvalue weighted by molar-refractivity contribution is 0.373. The van der Waals surface area contributed by atoms with Gasteiger partial charge >= 0.3 is 0 Å². The molecule has 94 valence electrons. The molecule has 1 unspecified atom stereocenters. The Hall–Kier alpha value is -0.540. The van der Waals surface area contributed by atoms with Gasteiger partial charge < -0.3 is 10.1 Å². The minimum absolute atomic E-state index is 0.757. The maximum Gasteiger partial charge on any atom is 0.136 e. The van der Waals surface area contributed by atoms with Gasteiger partial charge in [-0.2, -0.15) is 0 Å². The molecular weight excluding hydrogens is 278 g/mol. The lowest BCUT2D eigenvalue weighted by Crippen LogP contribution is -2.30. The Kier molecular flexibility index (Phi) is 4.46. The van der Waals surface area contributed by atoms with Crippen LogP contribution in [0.4, 0.5) is 0 Å². The Morgan fingerprint density at radius 3 is 2.94 bits per heavy atom. The maximum atomic E-state index is 5.44. The Labute approximate surface area is 112 Å². The highest BCUT2D eigenvalue weighted by molar-refractivity contribution is 9.10. The van der Waals surface area contributed by atoms with Crippen LogP contribution in [-0.4, -0.2) is 20.2 Å². The van der Waals surface area contributed by atoms with Gasteiger partial charge in [-0.25, -0.2) is 0 Å². The fourth-order valence-electron chi connectivity index (χ4n) is 2.51. The van der Waals surface area contributed by atoms with Gasteiger partial charge in [0.25, 0.3) is 0 Å². The van der Waals surface area contributed by atoms with Crippen molar-refractivity contribution in [2.45, 2.75) is 26.2 Å². The van der Waals surface area contributed by atoms with Crippen molar-refractivity contribution >= 4 is 15.9 Å². The first-order valence-corrected chi connectivity index (χ1v) is 7.04. The Balaban J connectivity index is 2.15. The van der Waals surface area contributed by atoms with Gasteiger partial charge in [-0.3, -0.25) is 0 Å². The molecule has 17 heavy (non-hydrogen) atoms. The molecule has 1 aromatic rings. The number of halogens is 1. The summed E-state index contributed by atoms with van der Waals surface area (Å²) in [4.78, 5) is 0. The molecule has 1 atom stereocenters. The summed E-state index contributed by atoms with van der Waals surface area (Å²) in [5, 5.41) is 3.47. The fourth-order valence-corrected chi connectivity index (χ4v) is 3.28. The molecule has 0 bridgehead atoms. The van der Waals surface area contributed by atoms with E-state index in [2.05, 4.69) is 40.3 Å². The molecular formula is C14H20BrNO. The molecule has 0 saturated carbocycles. The zero-order chi connectivity index (χ0) is 12.3. The van der Waals surface area contributed by atoms with Gasteiger partial charge in [-0.15, -0.1) is 0 Å². The van der Waals surface area contributed by atoms with Gasteiger partial charge in [0.05, 0.1) is 11.6 Å². The molecule has 2 nitrogen and oxygen atoms in total. The normalized spacial score (nSPS) is 20.3. The molecule has 0 aliphatic carbocycles. The summed E-state index contributed by atoms with van der Waals surface area (Å²) in [6.07, 6.45) is 3.76. The molecule has 0 spiro atoms. The van der Waals surface area contributed by atoms with E-state index in [0.717, 1.165) is 29.1 Å². The lowest BCUT2D eigenvalue weighted by atomic mass is 9.92. The lowest BCUT2D eigenvalue weighted by Gasteiger charge is -2.23. The Bertz CT molecular complexity index is 386. The predicted octanol–water partition coefficient (Wildman–Crippen LogP) is 3.31. The highest BCUT2D eigenvalue weighted by atomic mass is 79.9. The number of aryl methyl sites for hydroxylation is 1. The molecule has 1 heterocycles. The van der Waals surface area contributed by atoms with Crippen molar-refractivity contribution in [2.75, 3.05) is 20.2 Å². The van der Waals surface area contributed by atoms with E-state index in [1.54, 1.807) is 7.11 Å². The molecule has 1 saturated heterocycles. The second-order valence-electron chi connectivity index (χ2n) is 4.81. The second-order valence-corrected chi connectivity index (χ2v) is 5.60. The van der Waals surface area contributed by atoms with Gasteiger partial charge in [0.1, 0.15) is 5.75 Å². The zero-order valence-electron chi connectivity index (χ0n) is 10.6. The summed E-state index contributed by atoms with van der Waals surface area (Å²) in [6, 6.07) is 4.37. The standard InChI is InChI=1S/C14H20BrNO/c1-10-5-6-12(13(15)14(10)17-2)8-11-4-3-7-16-9-11/h5-6,11,16H,3-4,7-9H2,1-2H3. The summed E-state index contributed by atoms with van der Waals surface area (Å²) >= 11 is 3.67. The van der Waals surface area contributed by atoms with Gasteiger partial charge in [-0.1, -0.05) is 12.1 Å². The first-order valence-electron chi connectivity index (χ1n) is 6.25. The van der Waals surface area contributed by atoms with Crippen LogP contribution in [0.5, 0.6) is 5.75 Å². The van der Waals surface area contributed by atoms with Crippen LogP contribution in [0.2, 0.25) is 0 Å². The number of benzene rings is 1. The van der Waals surface area contributed by atoms with Crippen LogP contribution in [0.3, 0.4) is 0 Å². The van der Waals surface area contributed by atoms with Crippen LogP contribution in [0.1, 0.15) is 24.0 Å². The minimum atomic E-state index is 0.757. The Morgan fingerprint density at radius 2 is 2.29 bits per heavy atom. The Morgan fingerprint density at radius 1 is 1.47 bits per heavy atom. The molecule has 1 aliphatic heterocycles. The molecule has 1 aromatic carbocycles. The molecule has 1 fully saturated rings. The average molecular weight is 298 g/mol. The largest absolute Gasteiger partial charge is 0.495 e. The second kappa shape index (κ2) is 5.87. The van der Waals surface area contributed by atoms with E-state index in [-0.39, 0.29) is 0 Å². The first-order chi connectivity index (χ1) is 8.22. The number of methoxy groups -OCH3 is 1. The van der Waals surface area contributed by atoms with Crippen molar-refractivity contribution in [2.24, 2.45) is 5.92 Å². The predicted molar refractivity (Wildman–Crippen MR) is 74.7 cm³/mol. The SMILES string of the molecule is COc1c(C)ccc(CC2CCCNC2)c1Br. The zero-order valence-corrected chi connectivity index (χ0v) is 12.1. The van der Waals surface area contributed by atoms with Gasteiger partial charge in [0, 0.05) is 0 Å².